The van der Waals surface area contributed by atoms with Crippen molar-refractivity contribution in [3.8, 4) is 11.1 Å². The van der Waals surface area contributed by atoms with Gasteiger partial charge in [-0.05, 0) is 74.4 Å². The molecule has 1 N–H and O–H groups in total. The summed E-state index contributed by atoms with van der Waals surface area (Å²) in [7, 11) is 0. The summed E-state index contributed by atoms with van der Waals surface area (Å²) in [4.78, 5) is 31.4. The van der Waals surface area contributed by atoms with E-state index < -0.39 is 5.97 Å². The van der Waals surface area contributed by atoms with Crippen molar-refractivity contribution >= 4 is 39.2 Å². The molecule has 1 aliphatic carbocycles. The quantitative estimate of drug-likeness (QED) is 0.369. The molecule has 0 atom stereocenters. The van der Waals surface area contributed by atoms with Gasteiger partial charge in [-0.25, -0.2) is 18.9 Å². The third-order valence-electron chi connectivity index (χ3n) is 6.16. The molecule has 0 saturated heterocycles. The fraction of sp³-hybridized carbons (Fsp3) is 0.308. The van der Waals surface area contributed by atoms with E-state index in [4.69, 9.17) is 4.74 Å². The third kappa shape index (κ3) is 4.43. The van der Waals surface area contributed by atoms with Crippen LogP contribution in [0, 0.1) is 12.7 Å². The SMILES string of the molecule is CCOC(=O)c1c(NC(=O)Cn2nc(C)c3c(-c4ccc(F)cc4)ccnc32)sc2c1CCCC2. The summed E-state index contributed by atoms with van der Waals surface area (Å²) in [5.41, 5.74) is 4.48. The molecule has 0 aliphatic heterocycles. The third-order valence-corrected chi connectivity index (χ3v) is 7.37. The standard InChI is InChI=1S/C26H25FN4O3S/c1-3-34-26(33)23-19-6-4-5-7-20(19)35-25(23)29-21(32)14-31-24-22(15(2)30-31)18(12-13-28-24)16-8-10-17(27)11-9-16/h8-13H,3-7,14H2,1-2H3,(H,29,32). The Hall–Kier alpha value is -3.59. The van der Waals surface area contributed by atoms with Crippen LogP contribution in [0.15, 0.2) is 36.5 Å². The molecule has 1 amide bonds. The number of halogens is 1. The Labute approximate surface area is 205 Å². The number of aryl methyl sites for hydroxylation is 2. The Morgan fingerprint density at radius 1 is 1.17 bits per heavy atom. The average molecular weight is 493 g/mol. The number of benzene rings is 1. The van der Waals surface area contributed by atoms with Crippen LogP contribution in [-0.2, 0) is 28.9 Å². The van der Waals surface area contributed by atoms with Crippen molar-refractivity contribution in [1.82, 2.24) is 14.8 Å². The van der Waals surface area contributed by atoms with Gasteiger partial charge < -0.3 is 10.1 Å². The first-order valence-corrected chi connectivity index (χ1v) is 12.5. The molecule has 4 aromatic rings. The summed E-state index contributed by atoms with van der Waals surface area (Å²) >= 11 is 1.46. The highest BCUT2D eigenvalue weighted by Crippen LogP contribution is 2.38. The van der Waals surface area contributed by atoms with E-state index in [1.54, 1.807) is 29.9 Å². The first-order valence-electron chi connectivity index (χ1n) is 11.7. The molecule has 1 aliphatic rings. The topological polar surface area (TPSA) is 86.1 Å². The van der Waals surface area contributed by atoms with Crippen LogP contribution in [-0.4, -0.2) is 33.2 Å². The number of pyridine rings is 1. The van der Waals surface area contributed by atoms with Crippen LogP contribution < -0.4 is 5.32 Å². The first kappa shape index (κ1) is 23.2. The minimum Gasteiger partial charge on any atom is -0.462 e. The molecule has 9 heteroatoms. The molecule has 7 nitrogen and oxygen atoms in total. The van der Waals surface area contributed by atoms with E-state index in [0.717, 1.165) is 58.3 Å². The Bertz CT molecular complexity index is 1420. The van der Waals surface area contributed by atoms with Crippen LogP contribution >= 0.6 is 11.3 Å². The highest BCUT2D eigenvalue weighted by Gasteiger charge is 2.27. The molecule has 0 bridgehead atoms. The molecule has 0 saturated carbocycles. The number of esters is 1. The summed E-state index contributed by atoms with van der Waals surface area (Å²) in [6.45, 7) is 3.84. The molecule has 1 aromatic carbocycles. The fourth-order valence-corrected chi connectivity index (χ4v) is 5.93. The number of carbonyl (C=O) groups excluding carboxylic acids is 2. The lowest BCUT2D eigenvalue weighted by Gasteiger charge is -2.12. The average Bonchev–Trinajstić information content (AvgIpc) is 3.36. The lowest BCUT2D eigenvalue weighted by Crippen LogP contribution is -2.21. The zero-order valence-electron chi connectivity index (χ0n) is 19.6. The molecule has 0 spiro atoms. The Morgan fingerprint density at radius 2 is 1.94 bits per heavy atom. The van der Waals surface area contributed by atoms with Crippen molar-refractivity contribution in [3.05, 3.63) is 64.0 Å². The Morgan fingerprint density at radius 3 is 2.71 bits per heavy atom. The van der Waals surface area contributed by atoms with E-state index in [2.05, 4.69) is 15.4 Å². The molecule has 3 heterocycles. The lowest BCUT2D eigenvalue weighted by atomic mass is 9.95. The van der Waals surface area contributed by atoms with E-state index in [1.807, 2.05) is 13.0 Å². The molecule has 35 heavy (non-hydrogen) atoms. The van der Waals surface area contributed by atoms with Crippen molar-refractivity contribution < 1.29 is 18.7 Å². The number of aromatic nitrogens is 3. The number of fused-ring (bicyclic) bond motifs is 2. The van der Waals surface area contributed by atoms with Gasteiger partial charge in [0.25, 0.3) is 0 Å². The molecule has 5 rings (SSSR count). The maximum absolute atomic E-state index is 13.4. The maximum atomic E-state index is 13.4. The molecular weight excluding hydrogens is 467 g/mol. The summed E-state index contributed by atoms with van der Waals surface area (Å²) in [6, 6.07) is 8.11. The number of rotatable bonds is 6. The minimum absolute atomic E-state index is 0.0605. The number of amides is 1. The van der Waals surface area contributed by atoms with Crippen LogP contribution in [0.2, 0.25) is 0 Å². The van der Waals surface area contributed by atoms with Gasteiger partial charge in [-0.1, -0.05) is 12.1 Å². The van der Waals surface area contributed by atoms with Crippen molar-refractivity contribution in [2.75, 3.05) is 11.9 Å². The van der Waals surface area contributed by atoms with E-state index in [-0.39, 0.29) is 24.9 Å². The summed E-state index contributed by atoms with van der Waals surface area (Å²) in [5.74, 6) is -0.999. The highest BCUT2D eigenvalue weighted by atomic mass is 32.1. The summed E-state index contributed by atoms with van der Waals surface area (Å²) in [5, 5.41) is 8.84. The van der Waals surface area contributed by atoms with Gasteiger partial charge in [0.2, 0.25) is 5.91 Å². The summed E-state index contributed by atoms with van der Waals surface area (Å²) < 4.78 is 20.3. The van der Waals surface area contributed by atoms with E-state index in [0.29, 0.717) is 16.2 Å². The van der Waals surface area contributed by atoms with Crippen LogP contribution in [0.4, 0.5) is 9.39 Å². The van der Waals surface area contributed by atoms with E-state index in [9.17, 15) is 14.0 Å². The molecule has 180 valence electrons. The van der Waals surface area contributed by atoms with Crippen LogP contribution in [0.3, 0.4) is 0 Å². The second kappa shape index (κ2) is 9.58. The van der Waals surface area contributed by atoms with Gasteiger partial charge in [0.05, 0.1) is 17.9 Å². The smallest absolute Gasteiger partial charge is 0.341 e. The van der Waals surface area contributed by atoms with Crippen molar-refractivity contribution in [3.63, 3.8) is 0 Å². The second-order valence-corrected chi connectivity index (χ2v) is 9.60. The van der Waals surface area contributed by atoms with Gasteiger partial charge in [-0.3, -0.25) is 4.79 Å². The zero-order valence-corrected chi connectivity index (χ0v) is 20.4. The number of nitrogens with one attached hydrogen (secondary N) is 1. The van der Waals surface area contributed by atoms with Crippen LogP contribution in [0.25, 0.3) is 22.2 Å². The van der Waals surface area contributed by atoms with Crippen molar-refractivity contribution in [2.24, 2.45) is 0 Å². The van der Waals surface area contributed by atoms with Gasteiger partial charge in [0, 0.05) is 16.5 Å². The number of hydrogen-bond acceptors (Lipinski definition) is 6. The van der Waals surface area contributed by atoms with Gasteiger partial charge in [0.1, 0.15) is 17.4 Å². The number of carbonyl (C=O) groups is 2. The lowest BCUT2D eigenvalue weighted by molar-refractivity contribution is -0.116. The van der Waals surface area contributed by atoms with Gasteiger partial charge in [-0.15, -0.1) is 11.3 Å². The summed E-state index contributed by atoms with van der Waals surface area (Å²) in [6.07, 6.45) is 5.47. The normalized spacial score (nSPS) is 13.0. The van der Waals surface area contributed by atoms with Crippen LogP contribution in [0.1, 0.15) is 46.3 Å². The van der Waals surface area contributed by atoms with Gasteiger partial charge in [0.15, 0.2) is 5.65 Å². The van der Waals surface area contributed by atoms with E-state index >= 15 is 0 Å². The fourth-order valence-electron chi connectivity index (χ4n) is 4.64. The van der Waals surface area contributed by atoms with Gasteiger partial charge >= 0.3 is 5.97 Å². The number of hydrogen-bond donors (Lipinski definition) is 1. The molecular formula is C26H25FN4O3S. The number of ether oxygens (including phenoxy) is 1. The van der Waals surface area contributed by atoms with E-state index in [1.165, 1.54) is 23.5 Å². The highest BCUT2D eigenvalue weighted by molar-refractivity contribution is 7.17. The molecule has 0 unspecified atom stereocenters. The Balaban J connectivity index is 1.44. The number of anilines is 1. The van der Waals surface area contributed by atoms with Crippen molar-refractivity contribution in [1.29, 1.82) is 0 Å². The zero-order chi connectivity index (χ0) is 24.5. The predicted octanol–water partition coefficient (Wildman–Crippen LogP) is 5.30. The number of nitrogens with zero attached hydrogens (tertiary/aromatic N) is 3. The molecule has 3 aromatic heterocycles. The van der Waals surface area contributed by atoms with Gasteiger partial charge in [-0.2, -0.15) is 5.10 Å². The minimum atomic E-state index is -0.395. The maximum Gasteiger partial charge on any atom is 0.341 e. The monoisotopic (exact) mass is 492 g/mol. The Kier molecular flexibility index (Phi) is 6.34. The predicted molar refractivity (Wildman–Crippen MR) is 133 cm³/mol. The van der Waals surface area contributed by atoms with Crippen LogP contribution in [0.5, 0.6) is 0 Å². The largest absolute Gasteiger partial charge is 0.462 e. The number of thiophene rings is 1. The second-order valence-electron chi connectivity index (χ2n) is 8.49. The molecule has 0 fully saturated rings. The molecule has 0 radical (unpaired) electrons. The first-order chi connectivity index (χ1) is 17.0. The van der Waals surface area contributed by atoms with Crippen molar-refractivity contribution in [2.45, 2.75) is 46.1 Å².